The van der Waals surface area contributed by atoms with E-state index in [2.05, 4.69) is 36.2 Å². The van der Waals surface area contributed by atoms with Crippen molar-refractivity contribution in [1.82, 2.24) is 9.80 Å². The lowest BCUT2D eigenvalue weighted by Gasteiger charge is -2.46. The molecular formula is C17H24N2O. The zero-order chi connectivity index (χ0) is 14.2. The first-order chi connectivity index (χ1) is 9.61. The van der Waals surface area contributed by atoms with Gasteiger partial charge in [-0.1, -0.05) is 30.7 Å². The van der Waals surface area contributed by atoms with Crippen molar-refractivity contribution in [3.05, 3.63) is 35.4 Å². The second kappa shape index (κ2) is 5.21. The smallest absolute Gasteiger partial charge is 0.219 e. The number of nitrogens with zero attached hydrogens (tertiary/aromatic N) is 2. The zero-order valence-corrected chi connectivity index (χ0v) is 12.6. The monoisotopic (exact) mass is 272 g/mol. The van der Waals surface area contributed by atoms with Crippen molar-refractivity contribution in [1.29, 1.82) is 0 Å². The number of carbonyl (C=O) groups excluding carboxylic acids is 1. The number of hydrogen-bond donors (Lipinski definition) is 0. The molecule has 1 saturated heterocycles. The largest absolute Gasteiger partial charge is 0.337 e. The summed E-state index contributed by atoms with van der Waals surface area (Å²) in [7, 11) is 2.23. The molecule has 1 unspecified atom stereocenters. The summed E-state index contributed by atoms with van der Waals surface area (Å²) in [5.74, 6) is 0.194. The van der Waals surface area contributed by atoms with Gasteiger partial charge in [0.25, 0.3) is 0 Å². The summed E-state index contributed by atoms with van der Waals surface area (Å²) in [6.45, 7) is 4.48. The predicted molar refractivity (Wildman–Crippen MR) is 80.4 cm³/mol. The first-order valence-corrected chi connectivity index (χ1v) is 7.64. The summed E-state index contributed by atoms with van der Waals surface area (Å²) in [6, 6.07) is 8.62. The molecule has 0 aliphatic carbocycles. The molecule has 0 N–H and O–H groups in total. The third-order valence-electron chi connectivity index (χ3n) is 5.13. The summed E-state index contributed by atoms with van der Waals surface area (Å²) in [4.78, 5) is 16.5. The molecule has 1 aromatic rings. The Morgan fingerprint density at radius 3 is 2.65 bits per heavy atom. The Morgan fingerprint density at radius 2 is 1.95 bits per heavy atom. The van der Waals surface area contributed by atoms with Crippen LogP contribution in [0.4, 0.5) is 0 Å². The quantitative estimate of drug-likeness (QED) is 0.724. The molecule has 3 heteroatoms. The van der Waals surface area contributed by atoms with Gasteiger partial charge in [0.05, 0.1) is 0 Å². The first-order valence-electron chi connectivity index (χ1n) is 7.64. The van der Waals surface area contributed by atoms with Crippen molar-refractivity contribution < 1.29 is 4.79 Å². The Bertz CT molecular complexity index is 513. The van der Waals surface area contributed by atoms with Gasteiger partial charge in [0.1, 0.15) is 0 Å². The molecule has 3 rings (SSSR count). The Hall–Kier alpha value is -1.35. The van der Waals surface area contributed by atoms with E-state index in [4.69, 9.17) is 0 Å². The van der Waals surface area contributed by atoms with Gasteiger partial charge in [-0.15, -0.1) is 0 Å². The fourth-order valence-corrected chi connectivity index (χ4v) is 3.79. The van der Waals surface area contributed by atoms with Crippen LogP contribution in [0.2, 0.25) is 0 Å². The fraction of sp³-hybridized carbons (Fsp3) is 0.588. The molecule has 1 fully saturated rings. The highest BCUT2D eigenvalue weighted by Crippen LogP contribution is 2.35. The van der Waals surface area contributed by atoms with E-state index in [9.17, 15) is 4.79 Å². The van der Waals surface area contributed by atoms with E-state index in [0.717, 1.165) is 26.1 Å². The fourth-order valence-electron chi connectivity index (χ4n) is 3.79. The molecule has 2 heterocycles. The predicted octanol–water partition coefficient (Wildman–Crippen LogP) is 2.45. The van der Waals surface area contributed by atoms with Crippen molar-refractivity contribution in [3.63, 3.8) is 0 Å². The summed E-state index contributed by atoms with van der Waals surface area (Å²) in [5, 5.41) is 0. The Balaban J connectivity index is 2.01. The zero-order valence-electron chi connectivity index (χ0n) is 12.6. The van der Waals surface area contributed by atoms with Crippen LogP contribution in [0.15, 0.2) is 24.3 Å². The molecule has 1 atom stereocenters. The van der Waals surface area contributed by atoms with Crippen LogP contribution < -0.4 is 0 Å². The van der Waals surface area contributed by atoms with Crippen LogP contribution >= 0.6 is 0 Å². The lowest BCUT2D eigenvalue weighted by molar-refractivity contribution is -0.131. The highest BCUT2D eigenvalue weighted by molar-refractivity contribution is 5.73. The van der Waals surface area contributed by atoms with E-state index in [-0.39, 0.29) is 11.4 Å². The summed E-state index contributed by atoms with van der Waals surface area (Å²) in [5.41, 5.74) is 2.87. The maximum absolute atomic E-state index is 12.0. The number of hydrogen-bond acceptors (Lipinski definition) is 2. The minimum absolute atomic E-state index is 0.135. The maximum atomic E-state index is 12.0. The molecule has 1 aromatic carbocycles. The SMILES string of the molecule is CC(=O)N1Cc2ccccc2CC2(CCCCN2C)C1. The average molecular weight is 272 g/mol. The summed E-state index contributed by atoms with van der Waals surface area (Å²) in [6.07, 6.45) is 4.82. The van der Waals surface area contributed by atoms with Gasteiger partial charge in [0.2, 0.25) is 5.91 Å². The molecule has 1 spiro atoms. The van der Waals surface area contributed by atoms with Crippen LogP contribution in [0.5, 0.6) is 0 Å². The van der Waals surface area contributed by atoms with Crippen molar-refractivity contribution in [2.24, 2.45) is 0 Å². The van der Waals surface area contributed by atoms with Gasteiger partial charge in [0.15, 0.2) is 0 Å². The van der Waals surface area contributed by atoms with Crippen LogP contribution in [0.1, 0.15) is 37.3 Å². The Kier molecular flexibility index (Phi) is 3.55. The van der Waals surface area contributed by atoms with E-state index < -0.39 is 0 Å². The minimum atomic E-state index is 0.135. The van der Waals surface area contributed by atoms with E-state index in [1.54, 1.807) is 6.92 Å². The van der Waals surface area contributed by atoms with Crippen molar-refractivity contribution in [2.75, 3.05) is 20.1 Å². The number of amides is 1. The lowest BCUT2D eigenvalue weighted by Crippen LogP contribution is -2.57. The van der Waals surface area contributed by atoms with Crippen LogP contribution in [-0.4, -0.2) is 41.4 Å². The molecule has 0 saturated carbocycles. The van der Waals surface area contributed by atoms with E-state index >= 15 is 0 Å². The number of benzene rings is 1. The van der Waals surface area contributed by atoms with Gasteiger partial charge < -0.3 is 4.90 Å². The third kappa shape index (κ3) is 2.35. The number of fused-ring (bicyclic) bond motifs is 1. The first kappa shape index (κ1) is 13.6. The van der Waals surface area contributed by atoms with Gasteiger partial charge in [-0.2, -0.15) is 0 Å². The van der Waals surface area contributed by atoms with Crippen molar-refractivity contribution >= 4 is 5.91 Å². The minimum Gasteiger partial charge on any atom is -0.337 e. The summed E-state index contributed by atoms with van der Waals surface area (Å²) >= 11 is 0. The van der Waals surface area contributed by atoms with Gasteiger partial charge >= 0.3 is 0 Å². The molecule has 3 nitrogen and oxygen atoms in total. The molecule has 0 aromatic heterocycles. The molecule has 0 bridgehead atoms. The van der Waals surface area contributed by atoms with Crippen LogP contribution in [0.25, 0.3) is 0 Å². The Labute approximate surface area is 121 Å². The highest BCUT2D eigenvalue weighted by atomic mass is 16.2. The highest BCUT2D eigenvalue weighted by Gasteiger charge is 2.41. The molecular weight excluding hydrogens is 248 g/mol. The van der Waals surface area contributed by atoms with Crippen LogP contribution in [0.3, 0.4) is 0 Å². The second-order valence-corrected chi connectivity index (χ2v) is 6.42. The Morgan fingerprint density at radius 1 is 1.20 bits per heavy atom. The lowest BCUT2D eigenvalue weighted by atomic mass is 9.81. The molecule has 0 radical (unpaired) electrons. The van der Waals surface area contributed by atoms with E-state index in [1.807, 2.05) is 4.90 Å². The number of likely N-dealkylation sites (N-methyl/N-ethyl adjacent to an activating group) is 1. The summed E-state index contributed by atoms with van der Waals surface area (Å²) < 4.78 is 0. The van der Waals surface area contributed by atoms with Crippen molar-refractivity contribution in [2.45, 2.75) is 44.7 Å². The molecule has 2 aliphatic heterocycles. The number of rotatable bonds is 0. The standard InChI is InChI=1S/C17H24N2O/c1-14(20)19-12-16-8-4-3-7-15(16)11-17(13-19)9-5-6-10-18(17)2/h3-4,7-8H,5-6,9-13H2,1-2H3. The van der Waals surface area contributed by atoms with Gasteiger partial charge in [-0.3, -0.25) is 9.69 Å². The normalized spacial score (nSPS) is 27.2. The molecule has 108 valence electrons. The van der Waals surface area contributed by atoms with E-state index in [0.29, 0.717) is 0 Å². The number of likely N-dealkylation sites (tertiary alicyclic amines) is 1. The van der Waals surface area contributed by atoms with Crippen LogP contribution in [0, 0.1) is 0 Å². The van der Waals surface area contributed by atoms with Gasteiger partial charge in [0, 0.05) is 25.6 Å². The van der Waals surface area contributed by atoms with E-state index in [1.165, 1.54) is 30.4 Å². The van der Waals surface area contributed by atoms with Crippen LogP contribution in [-0.2, 0) is 17.8 Å². The third-order valence-corrected chi connectivity index (χ3v) is 5.13. The molecule has 1 amide bonds. The molecule has 20 heavy (non-hydrogen) atoms. The van der Waals surface area contributed by atoms with Gasteiger partial charge in [-0.05, 0) is 44.0 Å². The maximum Gasteiger partial charge on any atom is 0.219 e. The average Bonchev–Trinajstić information content (AvgIpc) is 2.59. The van der Waals surface area contributed by atoms with Crippen molar-refractivity contribution in [3.8, 4) is 0 Å². The number of carbonyl (C=O) groups is 1. The second-order valence-electron chi connectivity index (χ2n) is 6.42. The topological polar surface area (TPSA) is 23.6 Å². The van der Waals surface area contributed by atoms with Gasteiger partial charge in [-0.25, -0.2) is 0 Å². The number of piperidine rings is 1. The molecule has 2 aliphatic rings.